The van der Waals surface area contributed by atoms with Crippen molar-refractivity contribution in [1.29, 1.82) is 0 Å². The van der Waals surface area contributed by atoms with E-state index in [0.717, 1.165) is 39.4 Å². The quantitative estimate of drug-likeness (QED) is 0.758. The van der Waals surface area contributed by atoms with Crippen LogP contribution in [0.5, 0.6) is 0 Å². The summed E-state index contributed by atoms with van der Waals surface area (Å²) in [6.07, 6.45) is 3.90. The minimum Gasteiger partial charge on any atom is -0.369 e. The van der Waals surface area contributed by atoms with Gasteiger partial charge in [0.2, 0.25) is 16.0 Å². The molecule has 1 aromatic heterocycles. The molecule has 0 saturated heterocycles. The SMILES string of the molecule is Cc1ccc(C(=O)Cc2ccc3c(c2)[C@@]2(C)N=C(N)N(C)S(=O)(=O)[C@H]2CCC3)nc1. The van der Waals surface area contributed by atoms with Crippen molar-refractivity contribution >= 4 is 21.8 Å². The van der Waals surface area contributed by atoms with Crippen LogP contribution in [0.15, 0.2) is 41.5 Å². The maximum Gasteiger partial charge on any atom is 0.242 e. The van der Waals surface area contributed by atoms with E-state index in [2.05, 4.69) is 9.98 Å². The summed E-state index contributed by atoms with van der Waals surface area (Å²) in [5, 5.41) is -0.687. The molecule has 1 aromatic carbocycles. The number of nitrogens with zero attached hydrogens (tertiary/aromatic N) is 3. The molecule has 0 saturated carbocycles. The lowest BCUT2D eigenvalue weighted by Crippen LogP contribution is -2.56. The number of aliphatic imine (C=N–C) groups is 1. The molecule has 0 radical (unpaired) electrons. The fourth-order valence-corrected chi connectivity index (χ4v) is 6.37. The Labute approximate surface area is 177 Å². The molecule has 0 unspecified atom stereocenters. The molecule has 7 nitrogen and oxygen atoms in total. The Hall–Kier alpha value is -2.74. The lowest BCUT2D eigenvalue weighted by atomic mass is 9.84. The average Bonchev–Trinajstić information content (AvgIpc) is 2.84. The minimum absolute atomic E-state index is 0.00747. The number of nitrogens with two attached hydrogens (primary N) is 1. The van der Waals surface area contributed by atoms with E-state index in [1.807, 2.05) is 38.1 Å². The number of hydrogen-bond acceptors (Lipinski definition) is 6. The van der Waals surface area contributed by atoms with Crippen LogP contribution >= 0.6 is 0 Å². The Bertz CT molecular complexity index is 1140. The summed E-state index contributed by atoms with van der Waals surface area (Å²) in [4.78, 5) is 21.6. The maximum atomic E-state index is 13.1. The molecule has 8 heteroatoms. The normalized spacial score (nSPS) is 25.0. The Balaban J connectivity index is 1.76. The summed E-state index contributed by atoms with van der Waals surface area (Å²) in [5.41, 5.74) is 9.14. The minimum atomic E-state index is -3.62. The summed E-state index contributed by atoms with van der Waals surface area (Å²) in [6, 6.07) is 9.45. The Morgan fingerprint density at radius 3 is 2.77 bits per heavy atom. The first-order valence-electron chi connectivity index (χ1n) is 10.0. The van der Waals surface area contributed by atoms with Crippen molar-refractivity contribution in [2.24, 2.45) is 10.7 Å². The second-order valence-electron chi connectivity index (χ2n) is 8.32. The number of benzene rings is 1. The molecule has 1 aliphatic carbocycles. The van der Waals surface area contributed by atoms with E-state index < -0.39 is 20.8 Å². The first-order valence-corrected chi connectivity index (χ1v) is 11.5. The zero-order valence-electron chi connectivity index (χ0n) is 17.4. The number of hydrogen-bond donors (Lipinski definition) is 1. The summed E-state index contributed by atoms with van der Waals surface area (Å²) >= 11 is 0. The van der Waals surface area contributed by atoms with Gasteiger partial charge in [0.1, 0.15) is 16.5 Å². The van der Waals surface area contributed by atoms with Crippen LogP contribution in [0.3, 0.4) is 0 Å². The second-order valence-corrected chi connectivity index (χ2v) is 10.5. The van der Waals surface area contributed by atoms with Gasteiger partial charge in [-0.05, 0) is 61.4 Å². The van der Waals surface area contributed by atoms with E-state index >= 15 is 0 Å². The van der Waals surface area contributed by atoms with Gasteiger partial charge in [0.25, 0.3) is 0 Å². The number of Topliss-reactive ketones (excluding diaryl/α,β-unsaturated/α-hetero) is 1. The van der Waals surface area contributed by atoms with Crippen LogP contribution in [0, 0.1) is 6.92 Å². The molecule has 4 rings (SSSR count). The number of carbonyl (C=O) groups is 1. The smallest absolute Gasteiger partial charge is 0.242 e. The largest absolute Gasteiger partial charge is 0.369 e. The van der Waals surface area contributed by atoms with Gasteiger partial charge in [0.05, 0.1) is 0 Å². The Morgan fingerprint density at radius 1 is 1.30 bits per heavy atom. The van der Waals surface area contributed by atoms with Crippen LogP contribution in [0.1, 0.15) is 52.5 Å². The van der Waals surface area contributed by atoms with Crippen LogP contribution in [0.25, 0.3) is 0 Å². The molecule has 2 aliphatic rings. The fraction of sp³-hybridized carbons (Fsp3) is 0.409. The molecule has 0 bridgehead atoms. The van der Waals surface area contributed by atoms with Gasteiger partial charge < -0.3 is 5.73 Å². The highest BCUT2D eigenvalue weighted by Crippen LogP contribution is 2.44. The number of pyridine rings is 1. The van der Waals surface area contributed by atoms with Crippen molar-refractivity contribution in [2.75, 3.05) is 7.05 Å². The van der Waals surface area contributed by atoms with Gasteiger partial charge in [-0.1, -0.05) is 24.3 Å². The van der Waals surface area contributed by atoms with E-state index in [9.17, 15) is 13.2 Å². The molecule has 0 spiro atoms. The van der Waals surface area contributed by atoms with Crippen LogP contribution in [0.4, 0.5) is 0 Å². The number of carbonyl (C=O) groups excluding carboxylic acids is 1. The molecule has 0 amide bonds. The number of guanidine groups is 1. The standard InChI is InChI=1S/C22H26N4O3S/c1-14-7-10-18(24-13-14)19(27)12-15-8-9-16-5-4-6-20-22(2,17(16)11-15)25-21(23)26(3)30(20,28)29/h7-11,13,20H,4-6,12H2,1-3H3,(H2,23,25)/t20-,22+/m0/s1. The molecule has 158 valence electrons. The third-order valence-electron chi connectivity index (χ3n) is 6.23. The number of aryl methyl sites for hydroxylation is 2. The summed E-state index contributed by atoms with van der Waals surface area (Å²) in [6.45, 7) is 3.76. The molecule has 1 aliphatic heterocycles. The molecule has 2 atom stereocenters. The third kappa shape index (κ3) is 3.29. The first-order chi connectivity index (χ1) is 14.1. The monoisotopic (exact) mass is 426 g/mol. The topological polar surface area (TPSA) is 106 Å². The molecule has 2 N–H and O–H groups in total. The predicted molar refractivity (Wildman–Crippen MR) is 116 cm³/mol. The van der Waals surface area contributed by atoms with Gasteiger partial charge in [-0.25, -0.2) is 17.7 Å². The van der Waals surface area contributed by atoms with Gasteiger partial charge in [-0.15, -0.1) is 0 Å². The lowest BCUT2D eigenvalue weighted by molar-refractivity contribution is 0.0988. The Kier molecular flexibility index (Phi) is 4.92. The van der Waals surface area contributed by atoms with E-state index in [-0.39, 0.29) is 18.2 Å². The molecular formula is C22H26N4O3S. The van der Waals surface area contributed by atoms with Crippen LogP contribution < -0.4 is 5.73 Å². The highest BCUT2D eigenvalue weighted by Gasteiger charge is 2.51. The number of sulfonamides is 1. The highest BCUT2D eigenvalue weighted by atomic mass is 32.2. The Morgan fingerprint density at radius 2 is 2.07 bits per heavy atom. The zero-order valence-corrected chi connectivity index (χ0v) is 18.2. The first kappa shape index (κ1) is 20.5. The summed E-state index contributed by atoms with van der Waals surface area (Å²) < 4.78 is 27.3. The van der Waals surface area contributed by atoms with Gasteiger partial charge in [-0.3, -0.25) is 9.78 Å². The molecule has 2 heterocycles. The van der Waals surface area contributed by atoms with Crippen molar-refractivity contribution in [3.05, 3.63) is 64.5 Å². The fourth-order valence-electron chi connectivity index (χ4n) is 4.46. The molecule has 30 heavy (non-hydrogen) atoms. The second kappa shape index (κ2) is 7.19. The van der Waals surface area contributed by atoms with Crippen molar-refractivity contribution < 1.29 is 13.2 Å². The summed E-state index contributed by atoms with van der Waals surface area (Å²) in [7, 11) is -2.17. The van der Waals surface area contributed by atoms with Gasteiger partial charge in [-0.2, -0.15) is 0 Å². The predicted octanol–water partition coefficient (Wildman–Crippen LogP) is 2.33. The van der Waals surface area contributed by atoms with Crippen LogP contribution in [-0.4, -0.2) is 41.7 Å². The highest BCUT2D eigenvalue weighted by molar-refractivity contribution is 7.90. The summed E-state index contributed by atoms with van der Waals surface area (Å²) in [5.74, 6) is -0.0868. The van der Waals surface area contributed by atoms with E-state index in [0.29, 0.717) is 12.1 Å². The number of fused-ring (bicyclic) bond motifs is 3. The van der Waals surface area contributed by atoms with Gasteiger partial charge in [0.15, 0.2) is 5.78 Å². The van der Waals surface area contributed by atoms with Gasteiger partial charge >= 0.3 is 0 Å². The van der Waals surface area contributed by atoms with E-state index in [4.69, 9.17) is 5.73 Å². The molecular weight excluding hydrogens is 400 g/mol. The maximum absolute atomic E-state index is 13.1. The lowest BCUT2D eigenvalue weighted by Gasteiger charge is -2.41. The number of aromatic nitrogens is 1. The van der Waals surface area contributed by atoms with Crippen molar-refractivity contribution in [1.82, 2.24) is 9.29 Å². The average molecular weight is 427 g/mol. The van der Waals surface area contributed by atoms with Crippen molar-refractivity contribution in [2.45, 2.75) is 50.3 Å². The van der Waals surface area contributed by atoms with E-state index in [1.165, 1.54) is 7.05 Å². The third-order valence-corrected chi connectivity index (χ3v) is 8.60. The van der Waals surface area contributed by atoms with Crippen LogP contribution in [0.2, 0.25) is 0 Å². The zero-order chi connectivity index (χ0) is 21.7. The van der Waals surface area contributed by atoms with Crippen molar-refractivity contribution in [3.8, 4) is 0 Å². The van der Waals surface area contributed by atoms with Gasteiger partial charge in [0, 0.05) is 19.7 Å². The van der Waals surface area contributed by atoms with Crippen LogP contribution in [-0.2, 0) is 28.4 Å². The number of ketones is 1. The van der Waals surface area contributed by atoms with Crippen molar-refractivity contribution in [3.63, 3.8) is 0 Å². The number of rotatable bonds is 3. The molecule has 2 aromatic rings. The van der Waals surface area contributed by atoms with E-state index in [1.54, 1.807) is 12.3 Å². The molecule has 0 fully saturated rings.